The number of rotatable bonds is 7. The van der Waals surface area contributed by atoms with Crippen LogP contribution in [0.15, 0.2) is 59.0 Å². The molecule has 2 atom stereocenters. The van der Waals surface area contributed by atoms with Gasteiger partial charge in [-0.1, -0.05) is 44.2 Å². The van der Waals surface area contributed by atoms with Crippen molar-refractivity contribution >= 4 is 16.9 Å². The van der Waals surface area contributed by atoms with Crippen molar-refractivity contribution in [2.24, 2.45) is 5.92 Å². The van der Waals surface area contributed by atoms with E-state index in [1.165, 1.54) is 12.1 Å². The highest BCUT2D eigenvalue weighted by Gasteiger charge is 2.18. The average Bonchev–Trinajstić information content (AvgIpc) is 3.07. The maximum atomic E-state index is 13.2. The molecule has 0 aliphatic heterocycles. The molecule has 3 aromatic rings. The highest BCUT2D eigenvalue weighted by molar-refractivity contribution is 5.80. The van der Waals surface area contributed by atoms with Crippen molar-refractivity contribution in [1.29, 1.82) is 0 Å². The lowest BCUT2D eigenvalue weighted by molar-refractivity contribution is -0.121. The molecule has 0 bridgehead atoms. The molecule has 4 nitrogen and oxygen atoms in total. The molecule has 3 rings (SSSR count). The van der Waals surface area contributed by atoms with Crippen LogP contribution in [0.2, 0.25) is 0 Å². The first-order chi connectivity index (χ1) is 12.9. The predicted octanol–water partition coefficient (Wildman–Crippen LogP) is 4.74. The van der Waals surface area contributed by atoms with E-state index in [0.717, 1.165) is 22.3 Å². The standard InChI is InChI=1S/C22H25FN2O2/c1-14(2)22(16-8-10-18(23)11-9-16)24-13-21(26)25-15(3)20-12-17-6-4-5-7-19(17)27-20/h4-12,14-15,22,24H,13H2,1-3H3,(H,25,26)/t15-,22+/m1/s1. The number of carbonyl (C=O) groups is 1. The topological polar surface area (TPSA) is 54.3 Å². The van der Waals surface area contributed by atoms with Gasteiger partial charge >= 0.3 is 0 Å². The van der Waals surface area contributed by atoms with Crippen molar-refractivity contribution in [3.8, 4) is 0 Å². The van der Waals surface area contributed by atoms with Gasteiger partial charge in [0.05, 0.1) is 12.6 Å². The van der Waals surface area contributed by atoms with Gasteiger partial charge in [-0.15, -0.1) is 0 Å². The molecule has 0 radical (unpaired) electrons. The Morgan fingerprint density at radius 3 is 2.44 bits per heavy atom. The summed E-state index contributed by atoms with van der Waals surface area (Å²) in [5.74, 6) is 0.605. The van der Waals surface area contributed by atoms with E-state index in [-0.39, 0.29) is 36.3 Å². The van der Waals surface area contributed by atoms with E-state index in [1.54, 1.807) is 12.1 Å². The summed E-state index contributed by atoms with van der Waals surface area (Å²) in [5, 5.41) is 7.25. The Morgan fingerprint density at radius 1 is 1.07 bits per heavy atom. The van der Waals surface area contributed by atoms with Gasteiger partial charge in [0.1, 0.15) is 17.2 Å². The van der Waals surface area contributed by atoms with Crippen molar-refractivity contribution in [3.63, 3.8) is 0 Å². The first kappa shape index (κ1) is 19.1. The average molecular weight is 368 g/mol. The van der Waals surface area contributed by atoms with Crippen LogP contribution >= 0.6 is 0 Å². The molecule has 142 valence electrons. The molecular formula is C22H25FN2O2. The summed E-state index contributed by atoms with van der Waals surface area (Å²) < 4.78 is 19.0. The molecule has 2 N–H and O–H groups in total. The third-order valence-corrected chi connectivity index (χ3v) is 4.63. The number of para-hydroxylation sites is 1. The Hall–Kier alpha value is -2.66. The fourth-order valence-electron chi connectivity index (χ4n) is 3.19. The molecule has 0 aliphatic rings. The van der Waals surface area contributed by atoms with Crippen LogP contribution in [-0.4, -0.2) is 12.5 Å². The van der Waals surface area contributed by atoms with Crippen LogP contribution in [0.1, 0.15) is 44.2 Å². The van der Waals surface area contributed by atoms with Crippen molar-refractivity contribution in [2.45, 2.75) is 32.9 Å². The Bertz CT molecular complexity index is 869. The van der Waals surface area contributed by atoms with E-state index >= 15 is 0 Å². The van der Waals surface area contributed by atoms with Gasteiger partial charge < -0.3 is 15.1 Å². The molecular weight excluding hydrogens is 343 g/mol. The first-order valence-electron chi connectivity index (χ1n) is 9.20. The molecule has 1 amide bonds. The van der Waals surface area contributed by atoms with Gasteiger partial charge in [-0.25, -0.2) is 4.39 Å². The van der Waals surface area contributed by atoms with E-state index in [2.05, 4.69) is 24.5 Å². The van der Waals surface area contributed by atoms with Crippen LogP contribution in [-0.2, 0) is 4.79 Å². The Labute approximate surface area is 158 Å². The third-order valence-electron chi connectivity index (χ3n) is 4.63. The highest BCUT2D eigenvalue weighted by atomic mass is 19.1. The zero-order valence-electron chi connectivity index (χ0n) is 15.8. The van der Waals surface area contributed by atoms with E-state index in [4.69, 9.17) is 4.42 Å². The van der Waals surface area contributed by atoms with Gasteiger partial charge in [0.2, 0.25) is 5.91 Å². The maximum absolute atomic E-state index is 13.2. The molecule has 5 heteroatoms. The molecule has 0 spiro atoms. The number of fused-ring (bicyclic) bond motifs is 1. The molecule has 0 aliphatic carbocycles. The Kier molecular flexibility index (Phi) is 5.91. The molecule has 0 saturated heterocycles. The minimum Gasteiger partial charge on any atom is -0.459 e. The van der Waals surface area contributed by atoms with Crippen molar-refractivity contribution in [2.75, 3.05) is 6.54 Å². The predicted molar refractivity (Wildman–Crippen MR) is 105 cm³/mol. The zero-order valence-corrected chi connectivity index (χ0v) is 15.8. The highest BCUT2D eigenvalue weighted by Crippen LogP contribution is 2.24. The minimum absolute atomic E-state index is 0.0298. The Balaban J connectivity index is 1.59. The van der Waals surface area contributed by atoms with Crippen molar-refractivity contribution < 1.29 is 13.6 Å². The minimum atomic E-state index is -0.265. The van der Waals surface area contributed by atoms with E-state index in [1.807, 2.05) is 37.3 Å². The van der Waals surface area contributed by atoms with Gasteiger partial charge in [-0.2, -0.15) is 0 Å². The van der Waals surface area contributed by atoms with Crippen molar-refractivity contribution in [3.05, 3.63) is 71.7 Å². The third kappa shape index (κ3) is 4.74. The van der Waals surface area contributed by atoms with Gasteiger partial charge in [-0.3, -0.25) is 4.79 Å². The molecule has 0 unspecified atom stereocenters. The van der Waals surface area contributed by atoms with E-state index in [9.17, 15) is 9.18 Å². The van der Waals surface area contributed by atoms with Gasteiger partial charge in [0.15, 0.2) is 0 Å². The summed E-state index contributed by atoms with van der Waals surface area (Å²) >= 11 is 0. The number of furan rings is 1. The molecule has 0 saturated carbocycles. The summed E-state index contributed by atoms with van der Waals surface area (Å²) in [7, 11) is 0. The second kappa shape index (κ2) is 8.35. The Morgan fingerprint density at radius 2 is 1.78 bits per heavy atom. The monoisotopic (exact) mass is 368 g/mol. The number of halogens is 1. The van der Waals surface area contributed by atoms with Crippen LogP contribution < -0.4 is 10.6 Å². The lowest BCUT2D eigenvalue weighted by atomic mass is 9.96. The second-order valence-electron chi connectivity index (χ2n) is 7.13. The number of hydrogen-bond donors (Lipinski definition) is 2. The summed E-state index contributed by atoms with van der Waals surface area (Å²) in [4.78, 5) is 12.4. The molecule has 2 aromatic carbocycles. The number of amides is 1. The van der Waals surface area contributed by atoms with Crippen LogP contribution in [0.25, 0.3) is 11.0 Å². The fraction of sp³-hybridized carbons (Fsp3) is 0.318. The first-order valence-corrected chi connectivity index (χ1v) is 9.20. The largest absolute Gasteiger partial charge is 0.459 e. The van der Waals surface area contributed by atoms with Crippen LogP contribution in [0.5, 0.6) is 0 Å². The normalized spacial score (nSPS) is 13.7. The lowest BCUT2D eigenvalue weighted by Crippen LogP contribution is -2.38. The summed E-state index contributed by atoms with van der Waals surface area (Å²) in [6.45, 7) is 6.20. The zero-order chi connectivity index (χ0) is 19.4. The quantitative estimate of drug-likeness (QED) is 0.633. The molecule has 27 heavy (non-hydrogen) atoms. The molecule has 1 heterocycles. The van der Waals surface area contributed by atoms with E-state index in [0.29, 0.717) is 0 Å². The second-order valence-corrected chi connectivity index (χ2v) is 7.13. The van der Waals surface area contributed by atoms with Gasteiger partial charge in [-0.05, 0) is 42.7 Å². The smallest absolute Gasteiger partial charge is 0.234 e. The maximum Gasteiger partial charge on any atom is 0.234 e. The van der Waals surface area contributed by atoms with Gasteiger partial charge in [0, 0.05) is 11.4 Å². The van der Waals surface area contributed by atoms with Crippen LogP contribution in [0, 0.1) is 11.7 Å². The summed E-state index contributed by atoms with van der Waals surface area (Å²) in [6.07, 6.45) is 0. The SMILES string of the molecule is CC(C)[C@H](NCC(=O)N[C@H](C)c1cc2ccccc2o1)c1ccc(F)cc1. The van der Waals surface area contributed by atoms with Crippen molar-refractivity contribution in [1.82, 2.24) is 10.6 Å². The summed E-state index contributed by atoms with van der Waals surface area (Å²) in [5.41, 5.74) is 1.77. The number of benzene rings is 2. The fourth-order valence-corrected chi connectivity index (χ4v) is 3.19. The molecule has 0 fully saturated rings. The number of hydrogen-bond acceptors (Lipinski definition) is 3. The number of carbonyl (C=O) groups excluding carboxylic acids is 1. The lowest BCUT2D eigenvalue weighted by Gasteiger charge is -2.23. The molecule has 1 aromatic heterocycles. The van der Waals surface area contributed by atoms with E-state index < -0.39 is 0 Å². The van der Waals surface area contributed by atoms with Crippen LogP contribution in [0.4, 0.5) is 4.39 Å². The number of nitrogens with one attached hydrogen (secondary N) is 2. The van der Waals surface area contributed by atoms with Gasteiger partial charge in [0.25, 0.3) is 0 Å². The summed E-state index contributed by atoms with van der Waals surface area (Å²) in [6, 6.07) is 15.8. The van der Waals surface area contributed by atoms with Crippen LogP contribution in [0.3, 0.4) is 0 Å².